The highest BCUT2D eigenvalue weighted by Crippen LogP contribution is 2.21. The summed E-state index contributed by atoms with van der Waals surface area (Å²) in [6.07, 6.45) is 0. The van der Waals surface area contributed by atoms with Crippen LogP contribution in [0.2, 0.25) is 0 Å². The molecule has 7 heteroatoms. The number of carbonyl (C=O) groups is 1. The van der Waals surface area contributed by atoms with Crippen molar-refractivity contribution in [3.05, 3.63) is 83.4 Å². The van der Waals surface area contributed by atoms with Crippen molar-refractivity contribution in [3.8, 4) is 6.07 Å². The average Bonchev–Trinajstić information content (AvgIpc) is 2.78. The number of hydrogen-bond acceptors (Lipinski definition) is 4. The highest BCUT2D eigenvalue weighted by Gasteiger charge is 2.29. The van der Waals surface area contributed by atoms with Crippen LogP contribution >= 0.6 is 0 Å². The van der Waals surface area contributed by atoms with Crippen molar-refractivity contribution < 1.29 is 13.2 Å². The summed E-state index contributed by atoms with van der Waals surface area (Å²) in [5, 5.41) is 10.9. The molecule has 30 heavy (non-hydrogen) atoms. The Balaban J connectivity index is 1.45. The Morgan fingerprint density at radius 3 is 2.40 bits per heavy atom. The molecule has 152 valence electrons. The monoisotopic (exact) mass is 419 g/mol. The first-order valence-corrected chi connectivity index (χ1v) is 11.3. The predicted molar refractivity (Wildman–Crippen MR) is 115 cm³/mol. The minimum atomic E-state index is -3.52. The van der Waals surface area contributed by atoms with Crippen molar-refractivity contribution in [1.82, 2.24) is 9.21 Å². The molecule has 0 bridgehead atoms. The van der Waals surface area contributed by atoms with E-state index in [0.717, 1.165) is 10.8 Å². The van der Waals surface area contributed by atoms with Gasteiger partial charge in [-0.2, -0.15) is 9.57 Å². The van der Waals surface area contributed by atoms with Gasteiger partial charge in [0.05, 0.1) is 17.4 Å². The van der Waals surface area contributed by atoms with Gasteiger partial charge in [0.2, 0.25) is 10.0 Å². The highest BCUT2D eigenvalue weighted by atomic mass is 32.2. The number of benzene rings is 3. The molecule has 0 N–H and O–H groups in total. The fourth-order valence-electron chi connectivity index (χ4n) is 3.78. The molecule has 1 heterocycles. The molecule has 6 nitrogen and oxygen atoms in total. The van der Waals surface area contributed by atoms with E-state index in [1.54, 1.807) is 29.2 Å². The van der Waals surface area contributed by atoms with Crippen LogP contribution in [0.1, 0.15) is 21.5 Å². The molecular weight excluding hydrogens is 398 g/mol. The number of amides is 1. The summed E-state index contributed by atoms with van der Waals surface area (Å²) >= 11 is 0. The van der Waals surface area contributed by atoms with Crippen LogP contribution in [0, 0.1) is 11.3 Å². The zero-order chi connectivity index (χ0) is 21.1. The molecule has 0 radical (unpaired) electrons. The number of sulfonamides is 1. The number of carbonyl (C=O) groups excluding carboxylic acids is 1. The first kappa shape index (κ1) is 20.1. The molecule has 4 rings (SSSR count). The normalized spacial score (nSPS) is 15.1. The molecule has 0 aromatic heterocycles. The van der Waals surface area contributed by atoms with Crippen LogP contribution in [0.15, 0.2) is 66.7 Å². The molecule has 1 aliphatic heterocycles. The van der Waals surface area contributed by atoms with Crippen molar-refractivity contribution in [2.45, 2.75) is 5.75 Å². The first-order chi connectivity index (χ1) is 14.5. The van der Waals surface area contributed by atoms with Crippen LogP contribution < -0.4 is 0 Å². The third-order valence-corrected chi connectivity index (χ3v) is 7.19. The second-order valence-electron chi connectivity index (χ2n) is 7.29. The third kappa shape index (κ3) is 4.06. The molecule has 1 amide bonds. The Bertz CT molecular complexity index is 1230. The van der Waals surface area contributed by atoms with Crippen LogP contribution in [0.3, 0.4) is 0 Å². The Morgan fingerprint density at radius 1 is 0.933 bits per heavy atom. The van der Waals surface area contributed by atoms with E-state index in [2.05, 4.69) is 0 Å². The molecule has 1 aliphatic rings. The molecule has 1 fully saturated rings. The standard InChI is InChI=1S/C23H21N3O3S/c24-16-18-5-3-6-19(15-18)17-30(28,29)26-13-11-25(12-14-26)23(27)22-10-4-8-20-7-1-2-9-21(20)22/h1-10,15H,11-14,17H2. The molecule has 0 unspecified atom stereocenters. The fraction of sp³-hybridized carbons (Fsp3) is 0.217. The Hall–Kier alpha value is -3.21. The third-order valence-electron chi connectivity index (χ3n) is 5.34. The maximum atomic E-state index is 13.1. The zero-order valence-electron chi connectivity index (χ0n) is 16.4. The number of rotatable bonds is 4. The Labute approximate surface area is 176 Å². The van der Waals surface area contributed by atoms with E-state index in [0.29, 0.717) is 29.8 Å². The maximum Gasteiger partial charge on any atom is 0.254 e. The van der Waals surface area contributed by atoms with Crippen molar-refractivity contribution in [3.63, 3.8) is 0 Å². The van der Waals surface area contributed by atoms with Gasteiger partial charge in [-0.15, -0.1) is 0 Å². The molecule has 0 aliphatic carbocycles. The summed E-state index contributed by atoms with van der Waals surface area (Å²) in [7, 11) is -3.52. The quantitative estimate of drug-likeness (QED) is 0.651. The molecule has 1 saturated heterocycles. The lowest BCUT2D eigenvalue weighted by molar-refractivity contribution is 0.0700. The first-order valence-electron chi connectivity index (χ1n) is 9.72. The highest BCUT2D eigenvalue weighted by molar-refractivity contribution is 7.88. The van der Waals surface area contributed by atoms with Gasteiger partial charge in [-0.25, -0.2) is 8.42 Å². The van der Waals surface area contributed by atoms with Gasteiger partial charge in [-0.3, -0.25) is 4.79 Å². The van der Waals surface area contributed by atoms with Crippen molar-refractivity contribution in [1.29, 1.82) is 5.26 Å². The minimum Gasteiger partial charge on any atom is -0.336 e. The molecule has 0 spiro atoms. The summed E-state index contributed by atoms with van der Waals surface area (Å²) in [6, 6.07) is 22.1. The van der Waals surface area contributed by atoms with Crippen molar-refractivity contribution in [2.75, 3.05) is 26.2 Å². The average molecular weight is 420 g/mol. The summed E-state index contributed by atoms with van der Waals surface area (Å²) in [5.41, 5.74) is 1.66. The van der Waals surface area contributed by atoms with E-state index in [1.807, 2.05) is 48.5 Å². The van der Waals surface area contributed by atoms with Gasteiger partial charge in [0, 0.05) is 31.7 Å². The number of hydrogen-bond donors (Lipinski definition) is 0. The fourth-order valence-corrected chi connectivity index (χ4v) is 5.29. The van der Waals surface area contributed by atoms with E-state index >= 15 is 0 Å². The zero-order valence-corrected chi connectivity index (χ0v) is 17.2. The summed E-state index contributed by atoms with van der Waals surface area (Å²) in [5.74, 6) is -0.231. The second-order valence-corrected chi connectivity index (χ2v) is 9.26. The van der Waals surface area contributed by atoms with Gasteiger partial charge in [-0.1, -0.05) is 48.5 Å². The summed E-state index contributed by atoms with van der Waals surface area (Å²) in [6.45, 7) is 1.21. The topological polar surface area (TPSA) is 81.5 Å². The number of piperazine rings is 1. The molecular formula is C23H21N3O3S. The molecule has 3 aromatic rings. The van der Waals surface area contributed by atoms with E-state index < -0.39 is 10.0 Å². The van der Waals surface area contributed by atoms with Crippen LogP contribution in [-0.2, 0) is 15.8 Å². The van der Waals surface area contributed by atoms with Gasteiger partial charge >= 0.3 is 0 Å². The number of fused-ring (bicyclic) bond motifs is 1. The van der Waals surface area contributed by atoms with Gasteiger partial charge in [0.15, 0.2) is 0 Å². The van der Waals surface area contributed by atoms with Crippen LogP contribution in [0.4, 0.5) is 0 Å². The van der Waals surface area contributed by atoms with E-state index in [-0.39, 0.29) is 24.7 Å². The Kier molecular flexibility index (Phi) is 5.53. The second kappa shape index (κ2) is 8.27. The minimum absolute atomic E-state index is 0.0782. The molecule has 0 saturated carbocycles. The lowest BCUT2D eigenvalue weighted by Gasteiger charge is -2.34. The summed E-state index contributed by atoms with van der Waals surface area (Å²) < 4.78 is 27.1. The maximum absolute atomic E-state index is 13.1. The van der Waals surface area contributed by atoms with Gasteiger partial charge in [0.25, 0.3) is 5.91 Å². The summed E-state index contributed by atoms with van der Waals surface area (Å²) in [4.78, 5) is 14.8. The lowest BCUT2D eigenvalue weighted by Crippen LogP contribution is -2.50. The van der Waals surface area contributed by atoms with Gasteiger partial charge < -0.3 is 4.90 Å². The van der Waals surface area contributed by atoms with Crippen molar-refractivity contribution in [2.24, 2.45) is 0 Å². The van der Waals surface area contributed by atoms with Crippen molar-refractivity contribution >= 4 is 26.7 Å². The number of nitrogens with zero attached hydrogens (tertiary/aromatic N) is 3. The van der Waals surface area contributed by atoms with Gasteiger partial charge in [-0.05, 0) is 34.5 Å². The molecule has 3 aromatic carbocycles. The van der Waals surface area contributed by atoms with E-state index in [1.165, 1.54) is 4.31 Å². The molecule has 0 atom stereocenters. The van der Waals surface area contributed by atoms with Crippen LogP contribution in [0.5, 0.6) is 0 Å². The van der Waals surface area contributed by atoms with E-state index in [9.17, 15) is 13.2 Å². The SMILES string of the molecule is N#Cc1cccc(CS(=O)(=O)N2CCN(C(=O)c3cccc4ccccc34)CC2)c1. The predicted octanol–water partition coefficient (Wildman–Crippen LogP) is 3.00. The van der Waals surface area contributed by atoms with Crippen LogP contribution in [-0.4, -0.2) is 49.7 Å². The lowest BCUT2D eigenvalue weighted by atomic mass is 10.0. The number of nitriles is 1. The van der Waals surface area contributed by atoms with E-state index in [4.69, 9.17) is 5.26 Å². The largest absolute Gasteiger partial charge is 0.336 e. The Morgan fingerprint density at radius 2 is 1.63 bits per heavy atom. The van der Waals surface area contributed by atoms with Crippen LogP contribution in [0.25, 0.3) is 10.8 Å². The van der Waals surface area contributed by atoms with Gasteiger partial charge in [0.1, 0.15) is 0 Å². The smallest absolute Gasteiger partial charge is 0.254 e.